The topological polar surface area (TPSA) is 87.0 Å². The molecule has 20 heavy (non-hydrogen) atoms. The molecule has 9 heteroatoms. The molecule has 1 aromatic carbocycles. The average molecular weight is 286 g/mol. The van der Waals surface area contributed by atoms with Crippen LogP contribution in [0.4, 0.5) is 24.7 Å². The minimum Gasteiger partial charge on any atom is -0.384 e. The summed E-state index contributed by atoms with van der Waals surface area (Å²) in [6.07, 6.45) is -4.68. The van der Waals surface area contributed by atoms with Crippen molar-refractivity contribution < 1.29 is 18.1 Å². The molecule has 0 aliphatic heterocycles. The van der Waals surface area contributed by atoms with Crippen LogP contribution in [-0.2, 0) is 13.2 Å². The van der Waals surface area contributed by atoms with Crippen molar-refractivity contribution in [2.24, 2.45) is 7.05 Å². The van der Waals surface area contributed by atoms with Gasteiger partial charge in [0.2, 0.25) is 0 Å². The molecule has 0 spiro atoms. The molecule has 2 aromatic rings. The summed E-state index contributed by atoms with van der Waals surface area (Å²) in [6, 6.07) is 3.65. The van der Waals surface area contributed by atoms with E-state index in [9.17, 15) is 23.3 Å². The highest BCUT2D eigenvalue weighted by atomic mass is 19.4. The van der Waals surface area contributed by atoms with Gasteiger partial charge in [-0.2, -0.15) is 18.3 Å². The standard InChI is InChI=1S/C11H9F3N4O2/c1-17-10(15)5-9(16-17)6-2-7(11(12,13)14)4-8(3-6)18(19)20/h2-5H,15H2,1H3. The van der Waals surface area contributed by atoms with E-state index >= 15 is 0 Å². The number of nitrogen functional groups attached to an aromatic ring is 1. The fourth-order valence-electron chi connectivity index (χ4n) is 1.65. The lowest BCUT2D eigenvalue weighted by Crippen LogP contribution is -2.06. The molecule has 6 nitrogen and oxygen atoms in total. The maximum Gasteiger partial charge on any atom is 0.416 e. The summed E-state index contributed by atoms with van der Waals surface area (Å²) in [5, 5.41) is 14.6. The molecule has 0 saturated carbocycles. The molecule has 1 aromatic heterocycles. The van der Waals surface area contributed by atoms with Crippen molar-refractivity contribution in [3.63, 3.8) is 0 Å². The molecule has 0 atom stereocenters. The van der Waals surface area contributed by atoms with Crippen LogP contribution in [0.15, 0.2) is 24.3 Å². The number of nitrogens with two attached hydrogens (primary N) is 1. The summed E-state index contributed by atoms with van der Waals surface area (Å²) in [5.74, 6) is 0.236. The number of halogens is 3. The number of alkyl halides is 3. The molecule has 0 amide bonds. The summed E-state index contributed by atoms with van der Waals surface area (Å²) in [5.41, 5.74) is 3.91. The number of nitro groups is 1. The SMILES string of the molecule is Cn1nc(-c2cc([N+](=O)[O-])cc(C(F)(F)F)c2)cc1N. The van der Waals surface area contributed by atoms with Gasteiger partial charge in [0, 0.05) is 30.8 Å². The number of nitrogens with zero attached hydrogens (tertiary/aromatic N) is 3. The maximum atomic E-state index is 12.7. The number of rotatable bonds is 2. The van der Waals surface area contributed by atoms with Crippen molar-refractivity contribution in [1.29, 1.82) is 0 Å². The molecule has 0 aliphatic carbocycles. The lowest BCUT2D eigenvalue weighted by molar-refractivity contribution is -0.385. The van der Waals surface area contributed by atoms with Gasteiger partial charge in [-0.3, -0.25) is 14.8 Å². The highest BCUT2D eigenvalue weighted by molar-refractivity contribution is 5.66. The van der Waals surface area contributed by atoms with Crippen molar-refractivity contribution >= 4 is 11.5 Å². The first-order valence-corrected chi connectivity index (χ1v) is 5.35. The van der Waals surface area contributed by atoms with Crippen LogP contribution < -0.4 is 5.73 Å². The van der Waals surface area contributed by atoms with E-state index in [0.717, 1.165) is 12.1 Å². The highest BCUT2D eigenvalue weighted by Crippen LogP contribution is 2.35. The molecular formula is C11H9F3N4O2. The van der Waals surface area contributed by atoms with Crippen LogP contribution in [0.1, 0.15) is 5.56 Å². The molecule has 0 unspecified atom stereocenters. The normalized spacial score (nSPS) is 11.6. The Morgan fingerprint density at radius 1 is 1.30 bits per heavy atom. The quantitative estimate of drug-likeness (QED) is 0.679. The Kier molecular flexibility index (Phi) is 3.12. The number of non-ortho nitro benzene ring substituents is 1. The van der Waals surface area contributed by atoms with Gasteiger partial charge in [0.25, 0.3) is 5.69 Å². The smallest absolute Gasteiger partial charge is 0.384 e. The second-order valence-electron chi connectivity index (χ2n) is 4.10. The van der Waals surface area contributed by atoms with Crippen molar-refractivity contribution in [3.05, 3.63) is 39.9 Å². The Labute approximate surface area is 110 Å². The highest BCUT2D eigenvalue weighted by Gasteiger charge is 2.33. The van der Waals surface area contributed by atoms with Crippen LogP contribution in [-0.4, -0.2) is 14.7 Å². The Bertz CT molecular complexity index is 659. The van der Waals surface area contributed by atoms with E-state index in [1.807, 2.05) is 0 Å². The number of aryl methyl sites for hydroxylation is 1. The lowest BCUT2D eigenvalue weighted by atomic mass is 10.1. The molecule has 0 aliphatic rings. The minimum atomic E-state index is -4.68. The van der Waals surface area contributed by atoms with Crippen molar-refractivity contribution in [2.75, 3.05) is 5.73 Å². The van der Waals surface area contributed by atoms with E-state index < -0.39 is 22.4 Å². The van der Waals surface area contributed by atoms with Crippen LogP contribution in [0.5, 0.6) is 0 Å². The molecule has 1 heterocycles. The molecule has 106 valence electrons. The van der Waals surface area contributed by atoms with Gasteiger partial charge in [0.05, 0.1) is 16.2 Å². The summed E-state index contributed by atoms with van der Waals surface area (Å²) in [6.45, 7) is 0. The van der Waals surface area contributed by atoms with Gasteiger partial charge >= 0.3 is 6.18 Å². The van der Waals surface area contributed by atoms with Crippen LogP contribution in [0.25, 0.3) is 11.3 Å². The number of hydrogen-bond donors (Lipinski definition) is 1. The van der Waals surface area contributed by atoms with E-state index in [-0.39, 0.29) is 17.1 Å². The van der Waals surface area contributed by atoms with E-state index in [2.05, 4.69) is 5.10 Å². The van der Waals surface area contributed by atoms with Crippen LogP contribution in [0.3, 0.4) is 0 Å². The predicted octanol–water partition coefficient (Wildman–Crippen LogP) is 2.60. The van der Waals surface area contributed by atoms with Crippen LogP contribution in [0.2, 0.25) is 0 Å². The Balaban J connectivity index is 2.63. The average Bonchev–Trinajstić information content (AvgIpc) is 2.68. The second kappa shape index (κ2) is 4.51. The molecule has 0 radical (unpaired) electrons. The third kappa shape index (κ3) is 2.56. The summed E-state index contributed by atoms with van der Waals surface area (Å²) < 4.78 is 39.5. The number of anilines is 1. The predicted molar refractivity (Wildman–Crippen MR) is 64.7 cm³/mol. The Morgan fingerprint density at radius 3 is 2.40 bits per heavy atom. The number of benzene rings is 1. The zero-order valence-electron chi connectivity index (χ0n) is 10.2. The third-order valence-electron chi connectivity index (χ3n) is 2.67. The van der Waals surface area contributed by atoms with E-state index in [0.29, 0.717) is 6.07 Å². The van der Waals surface area contributed by atoms with Gasteiger partial charge in [-0.15, -0.1) is 0 Å². The van der Waals surface area contributed by atoms with Crippen molar-refractivity contribution in [3.8, 4) is 11.3 Å². The third-order valence-corrected chi connectivity index (χ3v) is 2.67. The fourth-order valence-corrected chi connectivity index (χ4v) is 1.65. The molecular weight excluding hydrogens is 277 g/mol. The summed E-state index contributed by atoms with van der Waals surface area (Å²) in [7, 11) is 1.51. The Morgan fingerprint density at radius 2 is 1.95 bits per heavy atom. The number of nitro benzene ring substituents is 1. The first kappa shape index (κ1) is 13.8. The van der Waals surface area contributed by atoms with E-state index in [4.69, 9.17) is 5.73 Å². The second-order valence-corrected chi connectivity index (χ2v) is 4.10. The molecule has 2 rings (SSSR count). The van der Waals surface area contributed by atoms with Crippen molar-refractivity contribution in [2.45, 2.75) is 6.18 Å². The maximum absolute atomic E-state index is 12.7. The number of aromatic nitrogens is 2. The van der Waals surface area contributed by atoms with Gasteiger partial charge in [0.1, 0.15) is 5.82 Å². The van der Waals surface area contributed by atoms with Gasteiger partial charge in [-0.25, -0.2) is 0 Å². The largest absolute Gasteiger partial charge is 0.416 e. The van der Waals surface area contributed by atoms with Crippen LogP contribution in [0, 0.1) is 10.1 Å². The first-order valence-electron chi connectivity index (χ1n) is 5.35. The molecule has 0 fully saturated rings. The van der Waals surface area contributed by atoms with Crippen LogP contribution >= 0.6 is 0 Å². The van der Waals surface area contributed by atoms with Gasteiger partial charge in [-0.05, 0) is 6.07 Å². The fraction of sp³-hybridized carbons (Fsp3) is 0.182. The monoisotopic (exact) mass is 286 g/mol. The van der Waals surface area contributed by atoms with Gasteiger partial charge in [-0.1, -0.05) is 0 Å². The van der Waals surface area contributed by atoms with Gasteiger partial charge < -0.3 is 5.73 Å². The number of hydrogen-bond acceptors (Lipinski definition) is 4. The zero-order chi connectivity index (χ0) is 15.1. The van der Waals surface area contributed by atoms with E-state index in [1.165, 1.54) is 17.8 Å². The molecule has 0 bridgehead atoms. The first-order chi connectivity index (χ1) is 9.18. The summed E-state index contributed by atoms with van der Waals surface area (Å²) >= 11 is 0. The molecule has 2 N–H and O–H groups in total. The van der Waals surface area contributed by atoms with Gasteiger partial charge in [0.15, 0.2) is 0 Å². The molecule has 0 saturated heterocycles. The lowest BCUT2D eigenvalue weighted by Gasteiger charge is -2.08. The van der Waals surface area contributed by atoms with Crippen molar-refractivity contribution in [1.82, 2.24) is 9.78 Å². The summed E-state index contributed by atoms with van der Waals surface area (Å²) in [4.78, 5) is 9.84. The minimum absolute atomic E-state index is 0.0150. The zero-order valence-corrected chi connectivity index (χ0v) is 10.2. The van der Waals surface area contributed by atoms with E-state index in [1.54, 1.807) is 0 Å². The Hall–Kier alpha value is -2.58.